The molecule has 21 heavy (non-hydrogen) atoms. The maximum absolute atomic E-state index is 12.2. The maximum atomic E-state index is 12.2. The van der Waals surface area contributed by atoms with Gasteiger partial charge >= 0.3 is 0 Å². The van der Waals surface area contributed by atoms with Crippen LogP contribution in [0.2, 0.25) is 5.15 Å². The van der Waals surface area contributed by atoms with Crippen LogP contribution in [0.1, 0.15) is 0 Å². The van der Waals surface area contributed by atoms with E-state index in [0.29, 0.717) is 11.0 Å². The highest BCUT2D eigenvalue weighted by molar-refractivity contribution is 7.92. The van der Waals surface area contributed by atoms with Crippen LogP contribution in [0.5, 0.6) is 0 Å². The van der Waals surface area contributed by atoms with E-state index in [1.165, 1.54) is 18.3 Å². The molecule has 2 aromatic heterocycles. The fourth-order valence-corrected chi connectivity index (χ4v) is 3.00. The molecule has 0 fully saturated rings. The van der Waals surface area contributed by atoms with Crippen molar-refractivity contribution in [3.8, 4) is 0 Å². The van der Waals surface area contributed by atoms with Crippen LogP contribution in [0.3, 0.4) is 0 Å². The normalized spacial score (nSPS) is 11.5. The lowest BCUT2D eigenvalue weighted by atomic mass is 10.4. The second-order valence-corrected chi connectivity index (χ2v) is 6.19. The SMILES string of the molecule is O=S(=O)(Nc1nc2cnccc2nc1Cl)c1ccccc1. The minimum absolute atomic E-state index is 0.0202. The zero-order valence-electron chi connectivity index (χ0n) is 10.6. The molecule has 0 saturated carbocycles. The minimum atomic E-state index is -3.76. The standard InChI is InChI=1S/C13H9ClN4O2S/c14-12-13(17-11-8-15-7-6-10(11)16-12)18-21(19,20)9-4-2-1-3-5-9/h1-8H,(H,17,18). The highest BCUT2D eigenvalue weighted by Gasteiger charge is 2.17. The number of anilines is 1. The van der Waals surface area contributed by atoms with E-state index < -0.39 is 10.0 Å². The van der Waals surface area contributed by atoms with Crippen molar-refractivity contribution in [3.63, 3.8) is 0 Å². The van der Waals surface area contributed by atoms with E-state index in [-0.39, 0.29) is 15.9 Å². The number of nitrogens with zero attached hydrogens (tertiary/aromatic N) is 3. The van der Waals surface area contributed by atoms with Crippen LogP contribution in [0.25, 0.3) is 11.0 Å². The number of halogens is 1. The Kier molecular flexibility index (Phi) is 3.44. The summed E-state index contributed by atoms with van der Waals surface area (Å²) >= 11 is 5.98. The van der Waals surface area contributed by atoms with Crippen molar-refractivity contribution in [3.05, 3.63) is 53.9 Å². The first-order chi connectivity index (χ1) is 10.1. The molecule has 0 atom stereocenters. The zero-order chi connectivity index (χ0) is 14.9. The van der Waals surface area contributed by atoms with Crippen LogP contribution in [0.15, 0.2) is 53.7 Å². The average Bonchev–Trinajstić information content (AvgIpc) is 2.49. The molecule has 0 amide bonds. The Balaban J connectivity index is 2.04. The highest BCUT2D eigenvalue weighted by Crippen LogP contribution is 2.23. The smallest absolute Gasteiger partial charge is 0.262 e. The molecule has 3 aromatic rings. The molecule has 0 saturated heterocycles. The van der Waals surface area contributed by atoms with Gasteiger partial charge in [-0.25, -0.2) is 18.4 Å². The Morgan fingerprint density at radius 1 is 1.00 bits per heavy atom. The number of sulfonamides is 1. The third kappa shape index (κ3) is 2.79. The van der Waals surface area contributed by atoms with E-state index in [1.807, 2.05) is 0 Å². The summed E-state index contributed by atoms with van der Waals surface area (Å²) in [6.45, 7) is 0. The van der Waals surface area contributed by atoms with Crippen LogP contribution in [0.4, 0.5) is 5.82 Å². The van der Waals surface area contributed by atoms with Crippen LogP contribution in [0, 0.1) is 0 Å². The summed E-state index contributed by atoms with van der Waals surface area (Å²) in [5.74, 6) is -0.0268. The van der Waals surface area contributed by atoms with Gasteiger partial charge in [-0.2, -0.15) is 0 Å². The number of pyridine rings is 1. The van der Waals surface area contributed by atoms with E-state index in [4.69, 9.17) is 11.6 Å². The van der Waals surface area contributed by atoms with Crippen molar-refractivity contribution in [1.82, 2.24) is 15.0 Å². The number of fused-ring (bicyclic) bond motifs is 1. The first-order valence-electron chi connectivity index (χ1n) is 5.91. The van der Waals surface area contributed by atoms with E-state index in [0.717, 1.165) is 0 Å². The molecule has 2 heterocycles. The fourth-order valence-electron chi connectivity index (χ4n) is 1.74. The molecule has 0 radical (unpaired) electrons. The first kappa shape index (κ1) is 13.7. The molecule has 0 aliphatic rings. The molecule has 0 spiro atoms. The van der Waals surface area contributed by atoms with Gasteiger partial charge in [0.15, 0.2) is 11.0 Å². The van der Waals surface area contributed by atoms with Crippen molar-refractivity contribution < 1.29 is 8.42 Å². The van der Waals surface area contributed by atoms with Gasteiger partial charge in [0, 0.05) is 6.20 Å². The van der Waals surface area contributed by atoms with Crippen molar-refractivity contribution in [2.24, 2.45) is 0 Å². The molecule has 1 N–H and O–H groups in total. The van der Waals surface area contributed by atoms with Crippen molar-refractivity contribution >= 4 is 38.5 Å². The number of benzene rings is 1. The van der Waals surface area contributed by atoms with E-state index in [1.54, 1.807) is 30.5 Å². The zero-order valence-corrected chi connectivity index (χ0v) is 12.1. The van der Waals surface area contributed by atoms with Crippen LogP contribution < -0.4 is 4.72 Å². The number of nitrogens with one attached hydrogen (secondary N) is 1. The second-order valence-electron chi connectivity index (χ2n) is 4.15. The predicted molar refractivity (Wildman–Crippen MR) is 79.6 cm³/mol. The van der Waals surface area contributed by atoms with Gasteiger partial charge in [0.2, 0.25) is 0 Å². The van der Waals surface area contributed by atoms with Gasteiger partial charge in [0.1, 0.15) is 5.52 Å². The summed E-state index contributed by atoms with van der Waals surface area (Å²) in [4.78, 5) is 12.3. The summed E-state index contributed by atoms with van der Waals surface area (Å²) in [5, 5.41) is -0.0202. The predicted octanol–water partition coefficient (Wildman–Crippen LogP) is 2.48. The van der Waals surface area contributed by atoms with Crippen molar-refractivity contribution in [2.45, 2.75) is 4.90 Å². The number of hydrogen-bond acceptors (Lipinski definition) is 5. The Hall–Kier alpha value is -2.25. The van der Waals surface area contributed by atoms with Gasteiger partial charge in [-0.1, -0.05) is 29.8 Å². The summed E-state index contributed by atoms with van der Waals surface area (Å²) in [6, 6.07) is 9.59. The third-order valence-electron chi connectivity index (χ3n) is 2.71. The summed E-state index contributed by atoms with van der Waals surface area (Å²) < 4.78 is 26.8. The molecule has 8 heteroatoms. The van der Waals surface area contributed by atoms with Crippen LogP contribution in [-0.2, 0) is 10.0 Å². The molecule has 3 rings (SSSR count). The molecule has 1 aromatic carbocycles. The highest BCUT2D eigenvalue weighted by atomic mass is 35.5. The molecule has 0 aliphatic carbocycles. The van der Waals surface area contributed by atoms with Crippen LogP contribution >= 0.6 is 11.6 Å². The minimum Gasteiger partial charge on any atom is -0.262 e. The Labute approximate surface area is 125 Å². The van der Waals surface area contributed by atoms with Gasteiger partial charge < -0.3 is 0 Å². The molecule has 0 unspecified atom stereocenters. The lowest BCUT2D eigenvalue weighted by Crippen LogP contribution is -2.14. The summed E-state index contributed by atoms with van der Waals surface area (Å²) in [6.07, 6.45) is 3.04. The Morgan fingerprint density at radius 2 is 1.76 bits per heavy atom. The number of aromatic nitrogens is 3. The van der Waals surface area contributed by atoms with Gasteiger partial charge in [-0.15, -0.1) is 0 Å². The number of rotatable bonds is 3. The second kappa shape index (κ2) is 5.27. The molecular weight excluding hydrogens is 312 g/mol. The van der Waals surface area contributed by atoms with Gasteiger partial charge in [0.25, 0.3) is 10.0 Å². The summed E-state index contributed by atoms with van der Waals surface area (Å²) in [7, 11) is -3.76. The quantitative estimate of drug-likeness (QED) is 0.801. The third-order valence-corrected chi connectivity index (χ3v) is 4.33. The Morgan fingerprint density at radius 3 is 2.52 bits per heavy atom. The topological polar surface area (TPSA) is 84.8 Å². The molecule has 6 nitrogen and oxygen atoms in total. The van der Waals surface area contributed by atoms with E-state index >= 15 is 0 Å². The Bertz CT molecular complexity index is 900. The number of hydrogen-bond donors (Lipinski definition) is 1. The lowest BCUT2D eigenvalue weighted by Gasteiger charge is -2.09. The molecule has 0 bridgehead atoms. The van der Waals surface area contributed by atoms with E-state index in [2.05, 4.69) is 19.7 Å². The lowest BCUT2D eigenvalue weighted by molar-refractivity contribution is 0.601. The average molecular weight is 321 g/mol. The van der Waals surface area contributed by atoms with Gasteiger partial charge in [-0.05, 0) is 18.2 Å². The maximum Gasteiger partial charge on any atom is 0.263 e. The fraction of sp³-hybridized carbons (Fsp3) is 0. The molecular formula is C13H9ClN4O2S. The van der Waals surface area contributed by atoms with Gasteiger partial charge in [-0.3, -0.25) is 9.71 Å². The molecule has 106 valence electrons. The first-order valence-corrected chi connectivity index (χ1v) is 7.77. The monoisotopic (exact) mass is 320 g/mol. The largest absolute Gasteiger partial charge is 0.263 e. The van der Waals surface area contributed by atoms with Crippen molar-refractivity contribution in [2.75, 3.05) is 4.72 Å². The summed E-state index contributed by atoms with van der Waals surface area (Å²) in [5.41, 5.74) is 0.991. The van der Waals surface area contributed by atoms with Gasteiger partial charge in [0.05, 0.1) is 16.6 Å². The van der Waals surface area contributed by atoms with E-state index in [9.17, 15) is 8.42 Å². The molecule has 0 aliphatic heterocycles. The van der Waals surface area contributed by atoms with Crippen LogP contribution in [-0.4, -0.2) is 23.4 Å². The van der Waals surface area contributed by atoms with Crippen molar-refractivity contribution in [1.29, 1.82) is 0 Å².